The van der Waals surface area contributed by atoms with Crippen molar-refractivity contribution in [2.75, 3.05) is 27.2 Å². The van der Waals surface area contributed by atoms with Gasteiger partial charge in [0.15, 0.2) is 0 Å². The zero-order valence-electron chi connectivity index (χ0n) is 13.3. The molecular weight excluding hydrogens is 262 g/mol. The molecular formula is C17H23N3O. The minimum Gasteiger partial charge on any atom is -0.309 e. The van der Waals surface area contributed by atoms with Gasteiger partial charge in [-0.2, -0.15) is 0 Å². The van der Waals surface area contributed by atoms with Gasteiger partial charge in [0.1, 0.15) is 11.5 Å². The second-order valence-electron chi connectivity index (χ2n) is 5.71. The van der Waals surface area contributed by atoms with Crippen molar-refractivity contribution < 1.29 is 4.79 Å². The van der Waals surface area contributed by atoms with E-state index < -0.39 is 0 Å². The highest BCUT2D eigenvalue weighted by Gasteiger charge is 2.26. The molecule has 21 heavy (non-hydrogen) atoms. The lowest BCUT2D eigenvalue weighted by molar-refractivity contribution is -0.122. The average Bonchev–Trinajstić information content (AvgIpc) is 2.68. The van der Waals surface area contributed by atoms with Crippen LogP contribution in [-0.2, 0) is 4.79 Å². The molecule has 0 aromatic heterocycles. The van der Waals surface area contributed by atoms with Crippen LogP contribution in [0.25, 0.3) is 6.08 Å². The first kappa shape index (κ1) is 15.4. The van der Waals surface area contributed by atoms with Crippen LogP contribution < -0.4 is 0 Å². The number of aryl methyl sites for hydroxylation is 1. The van der Waals surface area contributed by atoms with E-state index in [1.165, 1.54) is 5.56 Å². The first-order valence-electron chi connectivity index (χ1n) is 7.27. The van der Waals surface area contributed by atoms with Crippen molar-refractivity contribution in [3.8, 4) is 0 Å². The van der Waals surface area contributed by atoms with Gasteiger partial charge in [-0.1, -0.05) is 29.8 Å². The molecule has 1 amide bonds. The summed E-state index contributed by atoms with van der Waals surface area (Å²) in [6.45, 7) is 5.63. The third-order valence-electron chi connectivity index (χ3n) is 3.50. The van der Waals surface area contributed by atoms with Gasteiger partial charge >= 0.3 is 0 Å². The second-order valence-corrected chi connectivity index (χ2v) is 5.71. The summed E-state index contributed by atoms with van der Waals surface area (Å²) in [7, 11) is 4.07. The lowest BCUT2D eigenvalue weighted by Gasteiger charge is -2.17. The summed E-state index contributed by atoms with van der Waals surface area (Å²) < 4.78 is 0. The van der Waals surface area contributed by atoms with Crippen LogP contribution in [0.2, 0.25) is 0 Å². The molecule has 2 rings (SSSR count). The number of amidine groups is 1. The Morgan fingerprint density at radius 1 is 1.19 bits per heavy atom. The summed E-state index contributed by atoms with van der Waals surface area (Å²) >= 11 is 0. The van der Waals surface area contributed by atoms with E-state index in [2.05, 4.69) is 9.89 Å². The number of aliphatic imine (C=N–C) groups is 1. The quantitative estimate of drug-likeness (QED) is 0.779. The lowest BCUT2D eigenvalue weighted by Crippen LogP contribution is -2.33. The highest BCUT2D eigenvalue weighted by Crippen LogP contribution is 2.18. The van der Waals surface area contributed by atoms with E-state index in [0.717, 1.165) is 30.9 Å². The Morgan fingerprint density at radius 3 is 2.48 bits per heavy atom. The SMILES string of the molecule is CC1=N/C(=C\c2ccc(C)cc2)C(=O)N1CCCN(C)C. The van der Waals surface area contributed by atoms with Gasteiger partial charge in [0.25, 0.3) is 5.91 Å². The smallest absolute Gasteiger partial charge is 0.277 e. The summed E-state index contributed by atoms with van der Waals surface area (Å²) in [6.07, 6.45) is 2.81. The minimum absolute atomic E-state index is 0.00633. The molecule has 0 saturated carbocycles. The molecule has 1 aromatic carbocycles. The molecule has 0 radical (unpaired) electrons. The van der Waals surface area contributed by atoms with E-state index in [9.17, 15) is 4.79 Å². The fourth-order valence-corrected chi connectivity index (χ4v) is 2.29. The number of rotatable bonds is 5. The topological polar surface area (TPSA) is 35.9 Å². The van der Waals surface area contributed by atoms with E-state index >= 15 is 0 Å². The maximum absolute atomic E-state index is 12.4. The maximum atomic E-state index is 12.4. The Bertz CT molecular complexity index is 570. The van der Waals surface area contributed by atoms with Crippen molar-refractivity contribution in [2.24, 2.45) is 4.99 Å². The molecule has 0 spiro atoms. The van der Waals surface area contributed by atoms with Crippen LogP contribution in [0.3, 0.4) is 0 Å². The first-order chi connectivity index (χ1) is 9.97. The summed E-state index contributed by atoms with van der Waals surface area (Å²) in [5, 5.41) is 0. The molecule has 0 fully saturated rings. The van der Waals surface area contributed by atoms with Crippen LogP contribution in [0.5, 0.6) is 0 Å². The van der Waals surface area contributed by atoms with Gasteiger partial charge in [-0.15, -0.1) is 0 Å². The summed E-state index contributed by atoms with van der Waals surface area (Å²) in [5.41, 5.74) is 2.75. The normalized spacial score (nSPS) is 17.0. The number of carbonyl (C=O) groups is 1. The van der Waals surface area contributed by atoms with Crippen LogP contribution in [0.1, 0.15) is 24.5 Å². The van der Waals surface area contributed by atoms with E-state index in [0.29, 0.717) is 5.70 Å². The van der Waals surface area contributed by atoms with Gasteiger partial charge in [0.05, 0.1) is 0 Å². The number of benzene rings is 1. The van der Waals surface area contributed by atoms with Gasteiger partial charge in [-0.25, -0.2) is 4.99 Å². The molecule has 112 valence electrons. The molecule has 1 heterocycles. The molecule has 0 N–H and O–H groups in total. The lowest BCUT2D eigenvalue weighted by atomic mass is 10.1. The predicted octanol–water partition coefficient (Wildman–Crippen LogP) is 2.55. The van der Waals surface area contributed by atoms with Crippen molar-refractivity contribution in [2.45, 2.75) is 20.3 Å². The monoisotopic (exact) mass is 285 g/mol. The molecule has 0 unspecified atom stereocenters. The number of hydrogen-bond donors (Lipinski definition) is 0. The van der Waals surface area contributed by atoms with Gasteiger partial charge in [-0.3, -0.25) is 9.69 Å². The molecule has 1 aliphatic rings. The number of carbonyl (C=O) groups excluding carboxylic acids is 1. The summed E-state index contributed by atoms with van der Waals surface area (Å²) in [5.74, 6) is 0.795. The van der Waals surface area contributed by atoms with Gasteiger partial charge < -0.3 is 4.90 Å². The molecule has 4 heteroatoms. The molecule has 0 aliphatic carbocycles. The minimum atomic E-state index is 0.00633. The Hall–Kier alpha value is -1.94. The third kappa shape index (κ3) is 4.02. The predicted molar refractivity (Wildman–Crippen MR) is 87.1 cm³/mol. The Morgan fingerprint density at radius 2 is 1.86 bits per heavy atom. The Kier molecular flexibility index (Phi) is 4.91. The van der Waals surface area contributed by atoms with Crippen LogP contribution in [0.15, 0.2) is 35.0 Å². The summed E-state index contributed by atoms with van der Waals surface area (Å²) in [4.78, 5) is 20.7. The van der Waals surface area contributed by atoms with Crippen LogP contribution >= 0.6 is 0 Å². The van der Waals surface area contributed by atoms with Crippen molar-refractivity contribution in [1.82, 2.24) is 9.80 Å². The zero-order chi connectivity index (χ0) is 15.4. The Balaban J connectivity index is 2.07. The van der Waals surface area contributed by atoms with E-state index in [1.807, 2.05) is 58.3 Å². The highest BCUT2D eigenvalue weighted by atomic mass is 16.2. The third-order valence-corrected chi connectivity index (χ3v) is 3.50. The number of nitrogens with zero attached hydrogens (tertiary/aromatic N) is 3. The second kappa shape index (κ2) is 6.68. The Labute approximate surface area is 126 Å². The fraction of sp³-hybridized carbons (Fsp3) is 0.412. The molecule has 1 aromatic rings. The van der Waals surface area contributed by atoms with Crippen molar-refractivity contribution >= 4 is 17.8 Å². The largest absolute Gasteiger partial charge is 0.309 e. The molecule has 0 bridgehead atoms. The number of hydrogen-bond acceptors (Lipinski definition) is 3. The van der Waals surface area contributed by atoms with Gasteiger partial charge in [0, 0.05) is 6.54 Å². The highest BCUT2D eigenvalue weighted by molar-refractivity contribution is 6.13. The van der Waals surface area contributed by atoms with E-state index in [4.69, 9.17) is 0 Å². The molecule has 0 saturated heterocycles. The van der Waals surface area contributed by atoms with Crippen LogP contribution in [-0.4, -0.2) is 48.7 Å². The van der Waals surface area contributed by atoms with E-state index in [-0.39, 0.29) is 5.91 Å². The van der Waals surface area contributed by atoms with Crippen molar-refractivity contribution in [3.05, 3.63) is 41.1 Å². The first-order valence-corrected chi connectivity index (χ1v) is 7.27. The molecule has 1 aliphatic heterocycles. The van der Waals surface area contributed by atoms with Crippen molar-refractivity contribution in [1.29, 1.82) is 0 Å². The van der Waals surface area contributed by atoms with Gasteiger partial charge in [-0.05, 0) is 52.5 Å². The summed E-state index contributed by atoms with van der Waals surface area (Å²) in [6, 6.07) is 8.10. The van der Waals surface area contributed by atoms with Gasteiger partial charge in [0.2, 0.25) is 0 Å². The van der Waals surface area contributed by atoms with Crippen molar-refractivity contribution in [3.63, 3.8) is 0 Å². The van der Waals surface area contributed by atoms with Crippen LogP contribution in [0.4, 0.5) is 0 Å². The van der Waals surface area contributed by atoms with Crippen LogP contribution in [0, 0.1) is 6.92 Å². The number of amides is 1. The average molecular weight is 285 g/mol. The standard InChI is InChI=1S/C17H23N3O/c1-13-6-8-15(9-7-13)12-16-17(21)20(14(2)18-16)11-5-10-19(3)4/h6-9,12H,5,10-11H2,1-4H3/b16-12-. The molecule has 0 atom stereocenters. The molecule has 4 nitrogen and oxygen atoms in total. The zero-order valence-corrected chi connectivity index (χ0v) is 13.3. The maximum Gasteiger partial charge on any atom is 0.277 e. The van der Waals surface area contributed by atoms with E-state index in [1.54, 1.807) is 4.90 Å². The fourth-order valence-electron chi connectivity index (χ4n) is 2.29.